The van der Waals surface area contributed by atoms with E-state index in [1.54, 1.807) is 31.2 Å². The lowest BCUT2D eigenvalue weighted by Gasteiger charge is -2.17. The zero-order valence-electron chi connectivity index (χ0n) is 26.5. The quantitative estimate of drug-likeness (QED) is 0.135. The maximum absolute atomic E-state index is 14.0. The summed E-state index contributed by atoms with van der Waals surface area (Å²) in [6, 6.07) is 23.5. The number of hydrogen-bond donors (Lipinski definition) is 2. The third-order valence-electron chi connectivity index (χ3n) is 7.61. The van der Waals surface area contributed by atoms with E-state index >= 15 is 0 Å². The van der Waals surface area contributed by atoms with E-state index in [0.717, 1.165) is 12.1 Å². The number of amides is 1. The Labute approximate surface area is 289 Å². The van der Waals surface area contributed by atoms with E-state index in [2.05, 4.69) is 5.10 Å². The fourth-order valence-electron chi connectivity index (χ4n) is 5.25. The average Bonchev–Trinajstić information content (AvgIpc) is 3.39. The highest BCUT2D eigenvalue weighted by Crippen LogP contribution is 2.38. The fraction of sp³-hybridized carbons (Fsp3) is 0.176. The topological polar surface area (TPSA) is 127 Å². The van der Waals surface area contributed by atoms with Crippen molar-refractivity contribution in [2.75, 3.05) is 4.72 Å². The SMILES string of the molecule is CCCc1nn(-c2ccccc2C(F)(F)F)c(NS(=O)(=O)C(F)(F)F)c1Cc1ccc(-c2ccccc2S(=O)(=O)NC(=O)c2ccccc2)cc1. The van der Waals surface area contributed by atoms with Gasteiger partial charge in [-0.2, -0.15) is 39.9 Å². The van der Waals surface area contributed by atoms with Crippen LogP contribution in [0.1, 0.15) is 46.1 Å². The predicted octanol–water partition coefficient (Wildman–Crippen LogP) is 7.48. The number of aryl methyl sites for hydroxylation is 1. The summed E-state index contributed by atoms with van der Waals surface area (Å²) >= 11 is 0. The monoisotopic (exact) mass is 750 g/mol. The van der Waals surface area contributed by atoms with Gasteiger partial charge in [0.25, 0.3) is 15.9 Å². The Hall–Kier alpha value is -5.16. The van der Waals surface area contributed by atoms with Gasteiger partial charge in [0.2, 0.25) is 0 Å². The van der Waals surface area contributed by atoms with Crippen LogP contribution in [0, 0.1) is 0 Å². The van der Waals surface area contributed by atoms with Gasteiger partial charge in [0, 0.05) is 23.1 Å². The Morgan fingerprint density at radius 2 is 1.39 bits per heavy atom. The third-order valence-corrected chi connectivity index (χ3v) is 10.1. The van der Waals surface area contributed by atoms with E-state index in [-0.39, 0.29) is 40.1 Å². The number of anilines is 1. The summed E-state index contributed by atoms with van der Waals surface area (Å²) in [5.74, 6) is -1.67. The second-order valence-electron chi connectivity index (χ2n) is 11.2. The van der Waals surface area contributed by atoms with Gasteiger partial charge in [-0.3, -0.25) is 9.52 Å². The zero-order valence-corrected chi connectivity index (χ0v) is 28.1. The summed E-state index contributed by atoms with van der Waals surface area (Å²) in [5.41, 5.74) is -6.72. The van der Waals surface area contributed by atoms with Crippen LogP contribution in [0.25, 0.3) is 16.8 Å². The molecule has 1 heterocycles. The minimum absolute atomic E-state index is 0.0593. The predicted molar refractivity (Wildman–Crippen MR) is 177 cm³/mol. The Morgan fingerprint density at radius 3 is 2.02 bits per heavy atom. The Kier molecular flexibility index (Phi) is 10.3. The van der Waals surface area contributed by atoms with Crippen molar-refractivity contribution in [2.45, 2.75) is 42.8 Å². The number of nitrogens with zero attached hydrogens (tertiary/aromatic N) is 2. The lowest BCUT2D eigenvalue weighted by Crippen LogP contribution is -2.31. The van der Waals surface area contributed by atoms with E-state index in [4.69, 9.17) is 0 Å². The second-order valence-corrected chi connectivity index (χ2v) is 14.5. The largest absolute Gasteiger partial charge is 0.516 e. The third kappa shape index (κ3) is 8.09. The molecule has 1 amide bonds. The minimum Gasteiger partial charge on any atom is -0.268 e. The number of alkyl halides is 6. The van der Waals surface area contributed by atoms with Crippen molar-refractivity contribution in [2.24, 2.45) is 0 Å². The van der Waals surface area contributed by atoms with Crippen LogP contribution in [-0.4, -0.2) is 38.0 Å². The molecule has 0 saturated carbocycles. The molecule has 5 aromatic rings. The highest BCUT2D eigenvalue weighted by Gasteiger charge is 2.47. The van der Waals surface area contributed by atoms with Gasteiger partial charge in [-0.1, -0.05) is 86.1 Å². The molecule has 2 N–H and O–H groups in total. The molecule has 5 rings (SSSR count). The van der Waals surface area contributed by atoms with Crippen LogP contribution in [0.3, 0.4) is 0 Å². The number of para-hydroxylation sites is 1. The van der Waals surface area contributed by atoms with Crippen molar-refractivity contribution in [1.29, 1.82) is 0 Å². The van der Waals surface area contributed by atoms with Crippen LogP contribution in [0.2, 0.25) is 0 Å². The van der Waals surface area contributed by atoms with Crippen molar-refractivity contribution in [1.82, 2.24) is 14.5 Å². The van der Waals surface area contributed by atoms with Crippen LogP contribution in [0.15, 0.2) is 108 Å². The highest BCUT2D eigenvalue weighted by atomic mass is 32.2. The van der Waals surface area contributed by atoms with Crippen molar-refractivity contribution < 1.29 is 48.0 Å². The number of carbonyl (C=O) groups excluding carboxylic acids is 1. The van der Waals surface area contributed by atoms with Crippen LogP contribution in [0.5, 0.6) is 0 Å². The maximum atomic E-state index is 14.0. The van der Waals surface area contributed by atoms with Crippen molar-refractivity contribution >= 4 is 31.8 Å². The number of aromatic nitrogens is 2. The molecule has 0 aliphatic rings. The summed E-state index contributed by atoms with van der Waals surface area (Å²) in [6.07, 6.45) is -4.79. The number of halogens is 6. The molecule has 0 radical (unpaired) electrons. The summed E-state index contributed by atoms with van der Waals surface area (Å²) in [5, 5.41) is 4.18. The van der Waals surface area contributed by atoms with Gasteiger partial charge >= 0.3 is 21.7 Å². The van der Waals surface area contributed by atoms with Crippen LogP contribution < -0.4 is 9.44 Å². The van der Waals surface area contributed by atoms with Crippen LogP contribution in [-0.2, 0) is 39.1 Å². The summed E-state index contributed by atoms with van der Waals surface area (Å²) < 4.78 is 138. The molecule has 268 valence electrons. The number of benzene rings is 4. The molecular weight excluding hydrogens is 723 g/mol. The number of nitrogens with one attached hydrogen (secondary N) is 2. The molecule has 9 nitrogen and oxygen atoms in total. The summed E-state index contributed by atoms with van der Waals surface area (Å²) in [7, 11) is -10.5. The number of rotatable bonds is 11. The lowest BCUT2D eigenvalue weighted by molar-refractivity contribution is -0.137. The van der Waals surface area contributed by atoms with Gasteiger partial charge in [-0.25, -0.2) is 17.8 Å². The molecule has 17 heteroatoms. The van der Waals surface area contributed by atoms with Gasteiger partial charge < -0.3 is 0 Å². The molecule has 0 aliphatic carbocycles. The lowest BCUT2D eigenvalue weighted by atomic mass is 9.99. The zero-order chi connectivity index (χ0) is 37.2. The van der Waals surface area contributed by atoms with E-state index in [9.17, 15) is 48.0 Å². The molecule has 1 aromatic heterocycles. The molecule has 4 aromatic carbocycles. The molecule has 0 bridgehead atoms. The first-order valence-electron chi connectivity index (χ1n) is 15.1. The van der Waals surface area contributed by atoms with Gasteiger partial charge in [0.05, 0.1) is 21.8 Å². The minimum atomic E-state index is -6.11. The maximum Gasteiger partial charge on any atom is 0.516 e. The standard InChI is InChI=1S/C34H28F6N4O5S2/c1-2-10-28-26(31(42-51(48,49)34(38,39)40)44(41-28)29-15-8-7-14-27(29)33(35,36)37)21-22-17-19-23(20-18-22)25-13-6-9-16-30(25)50(46,47)43-32(45)24-11-4-3-5-12-24/h3-9,11-20,42H,2,10,21H2,1H3,(H,43,45). The molecule has 0 atom stereocenters. The Morgan fingerprint density at radius 1 is 0.784 bits per heavy atom. The van der Waals surface area contributed by atoms with Gasteiger partial charge in [-0.05, 0) is 47.9 Å². The molecule has 0 spiro atoms. The first-order valence-corrected chi connectivity index (χ1v) is 18.1. The van der Waals surface area contributed by atoms with Crippen LogP contribution in [0.4, 0.5) is 32.2 Å². The van der Waals surface area contributed by atoms with Crippen molar-refractivity contribution in [3.05, 3.63) is 131 Å². The van der Waals surface area contributed by atoms with Gasteiger partial charge in [0.1, 0.15) is 5.82 Å². The second kappa shape index (κ2) is 14.2. The number of hydrogen-bond acceptors (Lipinski definition) is 6. The summed E-state index contributed by atoms with van der Waals surface area (Å²) in [6.45, 7) is 1.70. The highest BCUT2D eigenvalue weighted by molar-refractivity contribution is 7.93. The van der Waals surface area contributed by atoms with Crippen LogP contribution >= 0.6 is 0 Å². The van der Waals surface area contributed by atoms with Crippen molar-refractivity contribution in [3.63, 3.8) is 0 Å². The fourth-order valence-corrected chi connectivity index (χ4v) is 7.04. The molecule has 0 aliphatic heterocycles. The van der Waals surface area contributed by atoms with Crippen molar-refractivity contribution in [3.8, 4) is 16.8 Å². The number of sulfonamides is 2. The molecule has 0 unspecified atom stereocenters. The molecule has 0 fully saturated rings. The van der Waals surface area contributed by atoms with E-state index in [1.807, 2.05) is 4.72 Å². The van der Waals surface area contributed by atoms with E-state index < -0.39 is 54.7 Å². The van der Waals surface area contributed by atoms with E-state index in [0.29, 0.717) is 28.3 Å². The normalized spacial score (nSPS) is 12.5. The molecule has 0 saturated heterocycles. The first-order chi connectivity index (χ1) is 23.9. The van der Waals surface area contributed by atoms with Gasteiger partial charge in [-0.15, -0.1) is 0 Å². The number of carbonyl (C=O) groups is 1. The molecule has 51 heavy (non-hydrogen) atoms. The van der Waals surface area contributed by atoms with E-state index in [1.165, 1.54) is 65.4 Å². The Balaban J connectivity index is 1.56. The summed E-state index contributed by atoms with van der Waals surface area (Å²) in [4.78, 5) is 12.4. The smallest absolute Gasteiger partial charge is 0.268 e. The van der Waals surface area contributed by atoms with Gasteiger partial charge in [0.15, 0.2) is 0 Å². The average molecular weight is 751 g/mol. The Bertz CT molecular complexity index is 2270. The molecular formula is C34H28F6N4O5S2. The first kappa shape index (κ1) is 37.1.